The first-order chi connectivity index (χ1) is 13.5. The lowest BCUT2D eigenvalue weighted by Crippen LogP contribution is -2.24. The third-order valence-corrected chi connectivity index (χ3v) is 3.90. The van der Waals surface area contributed by atoms with Gasteiger partial charge >= 0.3 is 5.97 Å². The Bertz CT molecular complexity index is 977. The van der Waals surface area contributed by atoms with Crippen LogP contribution in [0.1, 0.15) is 15.9 Å². The van der Waals surface area contributed by atoms with E-state index in [9.17, 15) is 14.9 Å². The number of benzene rings is 2. The minimum Gasteiger partial charge on any atom is -0.493 e. The quantitative estimate of drug-likeness (QED) is 0.253. The number of methoxy groups -OCH3 is 1. The first-order valence-corrected chi connectivity index (χ1v) is 8.53. The summed E-state index contributed by atoms with van der Waals surface area (Å²) in [6.45, 7) is 3.75. The van der Waals surface area contributed by atoms with Crippen LogP contribution in [-0.2, 0) is 4.79 Å². The van der Waals surface area contributed by atoms with E-state index in [0.717, 1.165) is 0 Å². The molecule has 2 aromatic carbocycles. The SMILES string of the molecule is C=CCNC(=O)C(C#N)=Cc1ccc(OC(=O)c2ccccc2Cl)c(OC)c1. The van der Waals surface area contributed by atoms with Crippen LogP contribution >= 0.6 is 11.6 Å². The summed E-state index contributed by atoms with van der Waals surface area (Å²) in [5.41, 5.74) is 0.672. The fourth-order valence-corrected chi connectivity index (χ4v) is 2.43. The molecule has 142 valence electrons. The average Bonchev–Trinajstić information content (AvgIpc) is 2.71. The molecule has 0 bridgehead atoms. The van der Waals surface area contributed by atoms with Gasteiger partial charge in [0.25, 0.3) is 5.91 Å². The van der Waals surface area contributed by atoms with Gasteiger partial charge in [-0.05, 0) is 35.9 Å². The number of nitrogens with zero attached hydrogens (tertiary/aromatic N) is 1. The summed E-state index contributed by atoms with van der Waals surface area (Å²) in [6.07, 6.45) is 2.92. The lowest BCUT2D eigenvalue weighted by atomic mass is 10.1. The highest BCUT2D eigenvalue weighted by Crippen LogP contribution is 2.30. The molecular weight excluding hydrogens is 380 g/mol. The van der Waals surface area contributed by atoms with Gasteiger partial charge in [-0.3, -0.25) is 4.79 Å². The van der Waals surface area contributed by atoms with Gasteiger partial charge in [-0.2, -0.15) is 5.26 Å². The summed E-state index contributed by atoms with van der Waals surface area (Å²) in [7, 11) is 1.41. The smallest absolute Gasteiger partial charge is 0.345 e. The predicted molar refractivity (Wildman–Crippen MR) is 106 cm³/mol. The molecule has 28 heavy (non-hydrogen) atoms. The molecule has 0 fully saturated rings. The van der Waals surface area contributed by atoms with E-state index in [4.69, 9.17) is 21.1 Å². The van der Waals surface area contributed by atoms with Gasteiger partial charge in [0.2, 0.25) is 0 Å². The van der Waals surface area contributed by atoms with Gasteiger partial charge in [0.1, 0.15) is 11.6 Å². The minimum atomic E-state index is -0.631. The summed E-state index contributed by atoms with van der Waals surface area (Å²) in [6, 6.07) is 13.0. The van der Waals surface area contributed by atoms with Crippen molar-refractivity contribution in [2.75, 3.05) is 13.7 Å². The number of rotatable bonds is 7. The number of esters is 1. The average molecular weight is 397 g/mol. The van der Waals surface area contributed by atoms with Crippen LogP contribution in [0, 0.1) is 11.3 Å². The number of nitriles is 1. The number of halogens is 1. The molecule has 1 amide bonds. The molecule has 0 saturated carbocycles. The maximum Gasteiger partial charge on any atom is 0.345 e. The number of carbonyl (C=O) groups is 2. The molecule has 0 aliphatic carbocycles. The van der Waals surface area contributed by atoms with Crippen molar-refractivity contribution in [3.05, 3.63) is 76.8 Å². The van der Waals surface area contributed by atoms with E-state index in [-0.39, 0.29) is 34.2 Å². The van der Waals surface area contributed by atoms with Crippen molar-refractivity contribution >= 4 is 29.6 Å². The monoisotopic (exact) mass is 396 g/mol. The highest BCUT2D eigenvalue weighted by molar-refractivity contribution is 6.33. The zero-order valence-corrected chi connectivity index (χ0v) is 15.8. The van der Waals surface area contributed by atoms with E-state index in [1.54, 1.807) is 36.4 Å². The summed E-state index contributed by atoms with van der Waals surface area (Å²) >= 11 is 6.01. The van der Waals surface area contributed by atoms with Gasteiger partial charge in [-0.15, -0.1) is 6.58 Å². The first-order valence-electron chi connectivity index (χ1n) is 8.15. The predicted octanol–water partition coefficient (Wildman–Crippen LogP) is 3.78. The van der Waals surface area contributed by atoms with Crippen LogP contribution in [-0.4, -0.2) is 25.5 Å². The van der Waals surface area contributed by atoms with Crippen molar-refractivity contribution in [3.8, 4) is 17.6 Å². The van der Waals surface area contributed by atoms with E-state index >= 15 is 0 Å². The summed E-state index contributed by atoms with van der Waals surface area (Å²) in [5.74, 6) is -0.707. The van der Waals surface area contributed by atoms with Gasteiger partial charge in [-0.1, -0.05) is 35.9 Å². The van der Waals surface area contributed by atoms with E-state index < -0.39 is 11.9 Å². The molecule has 6 nitrogen and oxygen atoms in total. The van der Waals surface area contributed by atoms with Crippen LogP contribution in [0.5, 0.6) is 11.5 Å². The van der Waals surface area contributed by atoms with Gasteiger partial charge in [0.05, 0.1) is 17.7 Å². The second-order valence-electron chi connectivity index (χ2n) is 5.45. The van der Waals surface area contributed by atoms with Gasteiger partial charge < -0.3 is 14.8 Å². The van der Waals surface area contributed by atoms with Crippen LogP contribution in [0.2, 0.25) is 5.02 Å². The molecule has 0 atom stereocenters. The fraction of sp³-hybridized carbons (Fsp3) is 0.0952. The Morgan fingerprint density at radius 1 is 1.25 bits per heavy atom. The molecule has 0 aliphatic rings. The Labute approximate surface area is 167 Å². The van der Waals surface area contributed by atoms with Crippen molar-refractivity contribution in [2.24, 2.45) is 0 Å². The summed E-state index contributed by atoms with van der Waals surface area (Å²) < 4.78 is 10.6. The molecule has 0 saturated heterocycles. The van der Waals surface area contributed by atoms with Crippen LogP contribution in [0.4, 0.5) is 0 Å². The Kier molecular flexibility index (Phi) is 7.37. The highest BCUT2D eigenvalue weighted by atomic mass is 35.5. The Hall–Kier alpha value is -3.56. The van der Waals surface area contributed by atoms with E-state index in [1.807, 2.05) is 6.07 Å². The zero-order valence-electron chi connectivity index (χ0n) is 15.1. The Morgan fingerprint density at radius 3 is 2.64 bits per heavy atom. The zero-order chi connectivity index (χ0) is 20.5. The number of carbonyl (C=O) groups excluding carboxylic acids is 2. The molecule has 0 radical (unpaired) electrons. The molecule has 7 heteroatoms. The number of ether oxygens (including phenoxy) is 2. The van der Waals surface area contributed by atoms with Gasteiger partial charge in [0.15, 0.2) is 11.5 Å². The summed E-state index contributed by atoms with van der Waals surface area (Å²) in [4.78, 5) is 24.3. The Morgan fingerprint density at radius 2 is 2.00 bits per heavy atom. The minimum absolute atomic E-state index is 0.0790. The Balaban J connectivity index is 2.26. The van der Waals surface area contributed by atoms with E-state index in [2.05, 4.69) is 11.9 Å². The number of amides is 1. The van der Waals surface area contributed by atoms with Crippen LogP contribution in [0.3, 0.4) is 0 Å². The van der Waals surface area contributed by atoms with Crippen molar-refractivity contribution < 1.29 is 19.1 Å². The molecule has 0 unspecified atom stereocenters. The van der Waals surface area contributed by atoms with Crippen molar-refractivity contribution in [1.29, 1.82) is 5.26 Å². The molecule has 0 heterocycles. The molecule has 2 rings (SSSR count). The van der Waals surface area contributed by atoms with Crippen molar-refractivity contribution in [3.63, 3.8) is 0 Å². The maximum absolute atomic E-state index is 12.3. The standard InChI is InChI=1S/C21H17ClN2O4/c1-3-10-24-20(25)15(13-23)11-14-8-9-18(19(12-14)27-2)28-21(26)16-6-4-5-7-17(16)22/h3-9,11-12H,1,10H2,2H3,(H,24,25). The van der Waals surface area contributed by atoms with Gasteiger partial charge in [0, 0.05) is 6.54 Å². The highest BCUT2D eigenvalue weighted by Gasteiger charge is 2.16. The molecule has 1 N–H and O–H groups in total. The largest absolute Gasteiger partial charge is 0.493 e. The van der Waals surface area contributed by atoms with Crippen LogP contribution < -0.4 is 14.8 Å². The van der Waals surface area contributed by atoms with Crippen LogP contribution in [0.15, 0.2) is 60.7 Å². The maximum atomic E-state index is 12.3. The van der Waals surface area contributed by atoms with Crippen molar-refractivity contribution in [2.45, 2.75) is 0 Å². The first kappa shape index (κ1) is 20.7. The lowest BCUT2D eigenvalue weighted by Gasteiger charge is -2.11. The molecular formula is C21H17ClN2O4. The number of nitrogens with one attached hydrogen (secondary N) is 1. The molecule has 0 spiro atoms. The molecule has 0 aromatic heterocycles. The molecule has 2 aromatic rings. The lowest BCUT2D eigenvalue weighted by molar-refractivity contribution is -0.116. The molecule has 0 aliphatic heterocycles. The number of hydrogen-bond donors (Lipinski definition) is 1. The van der Waals surface area contributed by atoms with Crippen molar-refractivity contribution in [1.82, 2.24) is 5.32 Å². The van der Waals surface area contributed by atoms with Gasteiger partial charge in [-0.25, -0.2) is 4.79 Å². The second kappa shape index (κ2) is 9.95. The number of hydrogen-bond acceptors (Lipinski definition) is 5. The van der Waals surface area contributed by atoms with Crippen LogP contribution in [0.25, 0.3) is 6.08 Å². The van der Waals surface area contributed by atoms with E-state index in [0.29, 0.717) is 5.56 Å². The third-order valence-electron chi connectivity index (χ3n) is 3.57. The summed E-state index contributed by atoms with van der Waals surface area (Å²) in [5, 5.41) is 12.0. The third kappa shape index (κ3) is 5.22. The topological polar surface area (TPSA) is 88.4 Å². The fourth-order valence-electron chi connectivity index (χ4n) is 2.22. The normalized spacial score (nSPS) is 10.5. The second-order valence-corrected chi connectivity index (χ2v) is 5.86. The van der Waals surface area contributed by atoms with E-state index in [1.165, 1.54) is 25.3 Å².